The molecule has 0 aliphatic carbocycles. The Bertz CT molecular complexity index is 998. The van der Waals surface area contributed by atoms with Crippen LogP contribution in [0.4, 0.5) is 8.78 Å². The van der Waals surface area contributed by atoms with Gasteiger partial charge in [0.1, 0.15) is 34.4 Å². The first kappa shape index (κ1) is 13.6. The van der Waals surface area contributed by atoms with Gasteiger partial charge in [-0.25, -0.2) is 23.7 Å². The van der Waals surface area contributed by atoms with E-state index in [1.165, 1.54) is 12.1 Å². The quantitative estimate of drug-likeness (QED) is 0.617. The van der Waals surface area contributed by atoms with Crippen LogP contribution in [0.1, 0.15) is 5.82 Å². The minimum atomic E-state index is -0.636. The minimum Gasteiger partial charge on any atom is -0.345 e. The lowest BCUT2D eigenvalue weighted by molar-refractivity contribution is 0.581. The van der Waals surface area contributed by atoms with Gasteiger partial charge < -0.3 is 9.55 Å². The molecule has 0 saturated heterocycles. The lowest BCUT2D eigenvalue weighted by Crippen LogP contribution is -1.97. The average Bonchev–Trinajstić information content (AvgIpc) is 3.11. The molecule has 0 amide bonds. The van der Waals surface area contributed by atoms with Crippen molar-refractivity contribution < 1.29 is 8.78 Å². The van der Waals surface area contributed by atoms with E-state index in [9.17, 15) is 8.78 Å². The number of imidazole rings is 1. The first-order chi connectivity index (χ1) is 11.1. The molecule has 0 aliphatic rings. The molecule has 3 aromatic heterocycles. The van der Waals surface area contributed by atoms with Gasteiger partial charge in [-0.2, -0.15) is 0 Å². The zero-order valence-corrected chi connectivity index (χ0v) is 12.1. The van der Waals surface area contributed by atoms with Crippen LogP contribution in [-0.4, -0.2) is 24.5 Å². The topological polar surface area (TPSA) is 59.4 Å². The smallest absolute Gasteiger partial charge is 0.156 e. The van der Waals surface area contributed by atoms with Crippen molar-refractivity contribution >= 4 is 11.2 Å². The summed E-state index contributed by atoms with van der Waals surface area (Å²) in [5, 5.41) is 0. The fourth-order valence-corrected chi connectivity index (χ4v) is 2.49. The molecule has 1 aromatic carbocycles. The third-order valence-corrected chi connectivity index (χ3v) is 3.53. The molecule has 0 radical (unpaired) electrons. The lowest BCUT2D eigenvalue weighted by Gasteiger charge is -2.04. The van der Waals surface area contributed by atoms with E-state index in [-0.39, 0.29) is 0 Å². The molecule has 0 spiro atoms. The predicted octanol–water partition coefficient (Wildman–Crippen LogP) is 3.40. The number of aromatic nitrogens is 5. The Kier molecular flexibility index (Phi) is 2.94. The number of aryl methyl sites for hydroxylation is 1. The molecule has 0 bridgehead atoms. The molecule has 7 heteroatoms. The molecule has 0 unspecified atom stereocenters. The summed E-state index contributed by atoms with van der Waals surface area (Å²) >= 11 is 0. The summed E-state index contributed by atoms with van der Waals surface area (Å²) in [5.41, 5.74) is 2.97. The highest BCUT2D eigenvalue weighted by Gasteiger charge is 2.12. The molecule has 0 fully saturated rings. The van der Waals surface area contributed by atoms with Crippen LogP contribution >= 0.6 is 0 Å². The van der Waals surface area contributed by atoms with E-state index in [0.717, 1.165) is 11.6 Å². The Morgan fingerprint density at radius 1 is 1.04 bits per heavy atom. The lowest BCUT2D eigenvalue weighted by atomic mass is 10.3. The van der Waals surface area contributed by atoms with Crippen molar-refractivity contribution in [3.05, 3.63) is 60.3 Å². The zero-order valence-electron chi connectivity index (χ0n) is 12.1. The van der Waals surface area contributed by atoms with Gasteiger partial charge in [0.05, 0.1) is 11.9 Å². The van der Waals surface area contributed by atoms with Gasteiger partial charge in [-0.1, -0.05) is 0 Å². The zero-order chi connectivity index (χ0) is 16.0. The molecular weight excluding hydrogens is 300 g/mol. The number of hydrogen-bond acceptors (Lipinski definition) is 3. The van der Waals surface area contributed by atoms with Crippen molar-refractivity contribution in [2.45, 2.75) is 6.92 Å². The molecule has 114 valence electrons. The van der Waals surface area contributed by atoms with Gasteiger partial charge in [0, 0.05) is 18.5 Å². The summed E-state index contributed by atoms with van der Waals surface area (Å²) in [5.74, 6) is -0.674. The standard InChI is InChI=1S/C16H11F2N5/c1-9-21-15(14-7-20-16-13(22-14)2-3-19-16)8-23(9)12-5-10(17)4-11(18)6-12/h2-8H,1H3,(H,19,20). The van der Waals surface area contributed by atoms with E-state index in [2.05, 4.69) is 19.9 Å². The molecule has 4 rings (SSSR count). The third-order valence-electron chi connectivity index (χ3n) is 3.53. The van der Waals surface area contributed by atoms with E-state index in [4.69, 9.17) is 0 Å². The van der Waals surface area contributed by atoms with E-state index in [0.29, 0.717) is 28.5 Å². The molecule has 0 aliphatic heterocycles. The first-order valence-electron chi connectivity index (χ1n) is 6.93. The maximum atomic E-state index is 13.4. The van der Waals surface area contributed by atoms with E-state index < -0.39 is 11.6 Å². The van der Waals surface area contributed by atoms with Crippen molar-refractivity contribution in [1.29, 1.82) is 0 Å². The van der Waals surface area contributed by atoms with Crippen molar-refractivity contribution in [2.75, 3.05) is 0 Å². The predicted molar refractivity (Wildman–Crippen MR) is 81.1 cm³/mol. The van der Waals surface area contributed by atoms with Gasteiger partial charge in [-0.05, 0) is 25.1 Å². The van der Waals surface area contributed by atoms with Crippen LogP contribution in [-0.2, 0) is 0 Å². The van der Waals surface area contributed by atoms with Crippen LogP contribution in [0, 0.1) is 18.6 Å². The molecule has 3 heterocycles. The molecular formula is C16H11F2N5. The van der Waals surface area contributed by atoms with Gasteiger partial charge in [0.25, 0.3) is 0 Å². The van der Waals surface area contributed by atoms with Gasteiger partial charge >= 0.3 is 0 Å². The summed E-state index contributed by atoms with van der Waals surface area (Å²) < 4.78 is 28.4. The summed E-state index contributed by atoms with van der Waals surface area (Å²) in [4.78, 5) is 16.1. The summed E-state index contributed by atoms with van der Waals surface area (Å²) in [7, 11) is 0. The van der Waals surface area contributed by atoms with Crippen molar-refractivity contribution in [1.82, 2.24) is 24.5 Å². The SMILES string of the molecule is Cc1nc(-c2cnc3[nH]ccc3n2)cn1-c1cc(F)cc(F)c1. The Balaban J connectivity index is 1.82. The number of hydrogen-bond donors (Lipinski definition) is 1. The van der Waals surface area contributed by atoms with Crippen LogP contribution in [0.3, 0.4) is 0 Å². The van der Waals surface area contributed by atoms with Crippen LogP contribution in [0.25, 0.3) is 28.2 Å². The highest BCUT2D eigenvalue weighted by atomic mass is 19.1. The molecule has 4 aromatic rings. The van der Waals surface area contributed by atoms with E-state index in [1.54, 1.807) is 30.1 Å². The molecule has 1 N–H and O–H groups in total. The van der Waals surface area contributed by atoms with Crippen LogP contribution in [0.5, 0.6) is 0 Å². The molecule has 0 atom stereocenters. The second-order valence-electron chi connectivity index (χ2n) is 5.14. The van der Waals surface area contributed by atoms with Crippen molar-refractivity contribution in [2.24, 2.45) is 0 Å². The number of rotatable bonds is 2. The number of aromatic amines is 1. The number of benzene rings is 1. The Hall–Kier alpha value is -3.09. The number of fused-ring (bicyclic) bond motifs is 1. The number of halogens is 2. The Morgan fingerprint density at radius 2 is 1.83 bits per heavy atom. The first-order valence-corrected chi connectivity index (χ1v) is 6.93. The fraction of sp³-hybridized carbons (Fsp3) is 0.0625. The van der Waals surface area contributed by atoms with E-state index in [1.807, 2.05) is 6.07 Å². The number of nitrogens with zero attached hydrogens (tertiary/aromatic N) is 4. The second-order valence-corrected chi connectivity index (χ2v) is 5.14. The summed E-state index contributed by atoms with van der Waals surface area (Å²) in [6.07, 6.45) is 5.05. The van der Waals surface area contributed by atoms with Crippen LogP contribution < -0.4 is 0 Å². The third kappa shape index (κ3) is 2.36. The van der Waals surface area contributed by atoms with Crippen molar-refractivity contribution in [3.8, 4) is 17.1 Å². The van der Waals surface area contributed by atoms with Gasteiger partial charge in [0.15, 0.2) is 5.65 Å². The second kappa shape index (κ2) is 4.98. The molecule has 0 saturated carbocycles. The maximum Gasteiger partial charge on any atom is 0.156 e. The Labute approximate surface area is 129 Å². The molecule has 5 nitrogen and oxygen atoms in total. The highest BCUT2D eigenvalue weighted by molar-refractivity contribution is 5.73. The van der Waals surface area contributed by atoms with E-state index >= 15 is 0 Å². The van der Waals surface area contributed by atoms with Gasteiger partial charge in [-0.3, -0.25) is 0 Å². The van der Waals surface area contributed by atoms with Crippen LogP contribution in [0.2, 0.25) is 0 Å². The van der Waals surface area contributed by atoms with Gasteiger partial charge in [-0.15, -0.1) is 0 Å². The maximum absolute atomic E-state index is 13.4. The highest BCUT2D eigenvalue weighted by Crippen LogP contribution is 2.22. The van der Waals surface area contributed by atoms with Crippen molar-refractivity contribution in [3.63, 3.8) is 0 Å². The summed E-state index contributed by atoms with van der Waals surface area (Å²) in [6.45, 7) is 1.76. The largest absolute Gasteiger partial charge is 0.345 e. The van der Waals surface area contributed by atoms with Gasteiger partial charge in [0.2, 0.25) is 0 Å². The van der Waals surface area contributed by atoms with Crippen LogP contribution in [0.15, 0.2) is 42.9 Å². The summed E-state index contributed by atoms with van der Waals surface area (Å²) in [6, 6.07) is 5.16. The number of nitrogens with one attached hydrogen (secondary N) is 1. The molecule has 23 heavy (non-hydrogen) atoms. The fourth-order valence-electron chi connectivity index (χ4n) is 2.49. The normalized spacial score (nSPS) is 11.3. The minimum absolute atomic E-state index is 0.370. The monoisotopic (exact) mass is 311 g/mol. The Morgan fingerprint density at radius 3 is 2.61 bits per heavy atom. The average molecular weight is 311 g/mol. The number of H-pyrrole nitrogens is 1.